The van der Waals surface area contributed by atoms with E-state index in [4.69, 9.17) is 16.3 Å². The van der Waals surface area contributed by atoms with Gasteiger partial charge in [-0.1, -0.05) is 25.4 Å². The number of halogens is 1. The SMILES string of the molecule is COc1ccc(-c2c(-c3ccnc(NCC(C)C)c3)[nH]c3cc(Cl)cnc23)nc1. The van der Waals surface area contributed by atoms with Gasteiger partial charge in [0, 0.05) is 24.5 Å². The summed E-state index contributed by atoms with van der Waals surface area (Å²) in [7, 11) is 1.63. The third-order valence-electron chi connectivity index (χ3n) is 4.57. The largest absolute Gasteiger partial charge is 0.495 e. The number of anilines is 1. The Balaban J connectivity index is 1.86. The van der Waals surface area contributed by atoms with Crippen molar-refractivity contribution in [3.63, 3.8) is 0 Å². The first-order chi connectivity index (χ1) is 14.0. The monoisotopic (exact) mass is 407 g/mol. The van der Waals surface area contributed by atoms with E-state index in [0.29, 0.717) is 16.7 Å². The molecule has 0 unspecified atom stereocenters. The molecule has 0 atom stereocenters. The second-order valence-corrected chi connectivity index (χ2v) is 7.65. The van der Waals surface area contributed by atoms with Crippen LogP contribution in [0.15, 0.2) is 48.9 Å². The van der Waals surface area contributed by atoms with Crippen LogP contribution in [0.3, 0.4) is 0 Å². The Morgan fingerprint density at radius 2 is 1.97 bits per heavy atom. The fourth-order valence-electron chi connectivity index (χ4n) is 3.16. The van der Waals surface area contributed by atoms with Gasteiger partial charge >= 0.3 is 0 Å². The number of fused-ring (bicyclic) bond motifs is 1. The molecular formula is C22H22ClN5O. The molecule has 0 aliphatic heterocycles. The van der Waals surface area contributed by atoms with Crippen molar-refractivity contribution in [2.45, 2.75) is 13.8 Å². The van der Waals surface area contributed by atoms with Crippen LogP contribution >= 0.6 is 11.6 Å². The molecule has 29 heavy (non-hydrogen) atoms. The minimum atomic E-state index is 0.527. The van der Waals surface area contributed by atoms with Gasteiger partial charge in [-0.15, -0.1) is 0 Å². The first-order valence-corrected chi connectivity index (χ1v) is 9.81. The number of H-pyrrole nitrogens is 1. The molecule has 0 aliphatic rings. The highest BCUT2D eigenvalue weighted by Gasteiger charge is 2.18. The van der Waals surface area contributed by atoms with Crippen molar-refractivity contribution in [1.29, 1.82) is 0 Å². The normalized spacial score (nSPS) is 11.2. The zero-order valence-electron chi connectivity index (χ0n) is 16.5. The molecule has 0 aliphatic carbocycles. The molecule has 0 saturated carbocycles. The molecule has 0 radical (unpaired) electrons. The molecule has 148 valence electrons. The maximum absolute atomic E-state index is 6.17. The summed E-state index contributed by atoms with van der Waals surface area (Å²) in [5.74, 6) is 2.06. The predicted molar refractivity (Wildman–Crippen MR) is 117 cm³/mol. The fraction of sp³-hybridized carbons (Fsp3) is 0.227. The van der Waals surface area contributed by atoms with Crippen molar-refractivity contribution in [2.75, 3.05) is 19.0 Å². The van der Waals surface area contributed by atoms with Crippen molar-refractivity contribution in [2.24, 2.45) is 5.92 Å². The van der Waals surface area contributed by atoms with E-state index in [-0.39, 0.29) is 0 Å². The lowest BCUT2D eigenvalue weighted by Gasteiger charge is -2.10. The molecule has 4 heterocycles. The van der Waals surface area contributed by atoms with Gasteiger partial charge in [-0.25, -0.2) is 4.98 Å². The van der Waals surface area contributed by atoms with Gasteiger partial charge in [-0.2, -0.15) is 0 Å². The van der Waals surface area contributed by atoms with Crippen molar-refractivity contribution in [3.8, 4) is 28.3 Å². The molecule has 4 rings (SSSR count). The highest BCUT2D eigenvalue weighted by Crippen LogP contribution is 2.37. The summed E-state index contributed by atoms with van der Waals surface area (Å²) in [4.78, 5) is 17.0. The number of aromatic nitrogens is 4. The van der Waals surface area contributed by atoms with Crippen LogP contribution in [0.2, 0.25) is 5.02 Å². The van der Waals surface area contributed by atoms with Gasteiger partial charge in [0.2, 0.25) is 0 Å². The number of hydrogen-bond donors (Lipinski definition) is 2. The van der Waals surface area contributed by atoms with Crippen LogP contribution in [0.4, 0.5) is 5.82 Å². The second kappa shape index (κ2) is 8.09. The molecule has 0 aromatic carbocycles. The second-order valence-electron chi connectivity index (χ2n) is 7.21. The summed E-state index contributed by atoms with van der Waals surface area (Å²) in [6.45, 7) is 5.18. The number of hydrogen-bond acceptors (Lipinski definition) is 5. The number of nitrogens with one attached hydrogen (secondary N) is 2. The van der Waals surface area contributed by atoms with Crippen LogP contribution in [0.1, 0.15) is 13.8 Å². The summed E-state index contributed by atoms with van der Waals surface area (Å²) < 4.78 is 5.25. The summed E-state index contributed by atoms with van der Waals surface area (Å²) in [6.07, 6.45) is 5.15. The Morgan fingerprint density at radius 3 is 2.69 bits per heavy atom. The molecule has 4 aromatic heterocycles. The molecule has 2 N–H and O–H groups in total. The maximum atomic E-state index is 6.17. The molecule has 6 nitrogen and oxygen atoms in total. The van der Waals surface area contributed by atoms with Crippen LogP contribution in [0.5, 0.6) is 5.75 Å². The number of methoxy groups -OCH3 is 1. The third kappa shape index (κ3) is 4.03. The minimum Gasteiger partial charge on any atom is -0.495 e. The quantitative estimate of drug-likeness (QED) is 0.446. The Hall–Kier alpha value is -3.12. The first kappa shape index (κ1) is 19.2. The van der Waals surface area contributed by atoms with Gasteiger partial charge in [-0.3, -0.25) is 9.97 Å². The van der Waals surface area contributed by atoms with Crippen LogP contribution in [0, 0.1) is 5.92 Å². The Morgan fingerprint density at radius 1 is 1.10 bits per heavy atom. The molecule has 0 bridgehead atoms. The fourth-order valence-corrected chi connectivity index (χ4v) is 3.31. The van der Waals surface area contributed by atoms with Gasteiger partial charge in [0.25, 0.3) is 0 Å². The zero-order chi connectivity index (χ0) is 20.4. The lowest BCUT2D eigenvalue weighted by atomic mass is 10.0. The van der Waals surface area contributed by atoms with E-state index in [1.165, 1.54) is 0 Å². The highest BCUT2D eigenvalue weighted by molar-refractivity contribution is 6.31. The van der Waals surface area contributed by atoms with E-state index in [0.717, 1.165) is 45.9 Å². The van der Waals surface area contributed by atoms with E-state index in [2.05, 4.69) is 39.1 Å². The number of rotatable bonds is 6. The Kier molecular flexibility index (Phi) is 5.36. The molecule has 0 amide bonds. The van der Waals surface area contributed by atoms with Crippen molar-refractivity contribution < 1.29 is 4.74 Å². The van der Waals surface area contributed by atoms with Gasteiger partial charge in [0.1, 0.15) is 11.6 Å². The molecule has 0 fully saturated rings. The van der Waals surface area contributed by atoms with Crippen LogP contribution in [0.25, 0.3) is 33.5 Å². The summed E-state index contributed by atoms with van der Waals surface area (Å²) in [5.41, 5.74) is 5.30. The number of pyridine rings is 3. The van der Waals surface area contributed by atoms with E-state index in [1.807, 2.05) is 30.3 Å². The zero-order valence-corrected chi connectivity index (χ0v) is 17.3. The van der Waals surface area contributed by atoms with Crippen molar-refractivity contribution in [3.05, 3.63) is 53.9 Å². The van der Waals surface area contributed by atoms with E-state index >= 15 is 0 Å². The van der Waals surface area contributed by atoms with E-state index in [1.54, 1.807) is 25.7 Å². The number of nitrogens with zero attached hydrogens (tertiary/aromatic N) is 3. The molecule has 0 saturated heterocycles. The average Bonchev–Trinajstić information content (AvgIpc) is 3.11. The minimum absolute atomic E-state index is 0.527. The first-order valence-electron chi connectivity index (χ1n) is 9.43. The van der Waals surface area contributed by atoms with Gasteiger partial charge in [-0.05, 0) is 36.2 Å². The number of ether oxygens (including phenoxy) is 1. The van der Waals surface area contributed by atoms with Gasteiger partial charge < -0.3 is 15.0 Å². The van der Waals surface area contributed by atoms with E-state index < -0.39 is 0 Å². The van der Waals surface area contributed by atoms with Crippen molar-refractivity contribution in [1.82, 2.24) is 19.9 Å². The van der Waals surface area contributed by atoms with Gasteiger partial charge in [0.05, 0.1) is 46.3 Å². The highest BCUT2D eigenvalue weighted by atomic mass is 35.5. The smallest absolute Gasteiger partial charge is 0.137 e. The maximum Gasteiger partial charge on any atom is 0.137 e. The standard InChI is InChI=1S/C22H22ClN5O/c1-13(2)10-26-19-8-14(6-7-24-19)21-20(17-5-4-16(29-3)12-25-17)22-18(28-21)9-15(23)11-27-22/h4-9,11-13,28H,10H2,1-3H3,(H,24,26). The van der Waals surface area contributed by atoms with Crippen LogP contribution in [-0.2, 0) is 0 Å². The Bertz CT molecular complexity index is 1140. The molecule has 4 aromatic rings. The summed E-state index contributed by atoms with van der Waals surface area (Å²) in [5, 5.41) is 3.95. The lowest BCUT2D eigenvalue weighted by Crippen LogP contribution is -2.08. The average molecular weight is 408 g/mol. The van der Waals surface area contributed by atoms with E-state index in [9.17, 15) is 0 Å². The predicted octanol–water partition coefficient (Wildman–Crippen LogP) is 5.42. The number of aromatic amines is 1. The van der Waals surface area contributed by atoms with Crippen LogP contribution < -0.4 is 10.1 Å². The third-order valence-corrected chi connectivity index (χ3v) is 4.78. The summed E-state index contributed by atoms with van der Waals surface area (Å²) >= 11 is 6.17. The summed E-state index contributed by atoms with van der Waals surface area (Å²) in [6, 6.07) is 9.70. The molecular weight excluding hydrogens is 386 g/mol. The van der Waals surface area contributed by atoms with Crippen LogP contribution in [-0.4, -0.2) is 33.6 Å². The topological polar surface area (TPSA) is 75.7 Å². The lowest BCUT2D eigenvalue weighted by molar-refractivity contribution is 0.413. The Labute approximate surface area is 174 Å². The molecule has 7 heteroatoms. The van der Waals surface area contributed by atoms with Crippen molar-refractivity contribution >= 4 is 28.5 Å². The molecule has 0 spiro atoms. The van der Waals surface area contributed by atoms with Gasteiger partial charge in [0.15, 0.2) is 0 Å².